The number of anilines is 1. The number of benzene rings is 1. The highest BCUT2D eigenvalue weighted by Gasteiger charge is 2.35. The first-order chi connectivity index (χ1) is 9.76. The minimum atomic E-state index is -0.00251. The van der Waals surface area contributed by atoms with Crippen LogP contribution in [0.3, 0.4) is 0 Å². The molecule has 3 atom stereocenters. The molecule has 0 heterocycles. The molecule has 3 unspecified atom stereocenters. The van der Waals surface area contributed by atoms with Gasteiger partial charge in [0.25, 0.3) is 5.91 Å². The van der Waals surface area contributed by atoms with E-state index in [-0.39, 0.29) is 5.91 Å². The maximum absolute atomic E-state index is 11.7. The van der Waals surface area contributed by atoms with Crippen LogP contribution in [0.2, 0.25) is 0 Å². The lowest BCUT2D eigenvalue weighted by Gasteiger charge is -2.19. The lowest BCUT2D eigenvalue weighted by Crippen LogP contribution is -2.22. The Labute approximate surface area is 120 Å². The molecule has 0 spiro atoms. The highest BCUT2D eigenvalue weighted by atomic mass is 16.1. The molecule has 0 radical (unpaired) electrons. The molecule has 0 aromatic heterocycles. The van der Waals surface area contributed by atoms with Gasteiger partial charge in [-0.15, -0.1) is 0 Å². The van der Waals surface area contributed by atoms with E-state index in [1.165, 1.54) is 12.8 Å². The van der Waals surface area contributed by atoms with Crippen molar-refractivity contribution in [3.05, 3.63) is 42.0 Å². The van der Waals surface area contributed by atoms with Crippen molar-refractivity contribution in [2.45, 2.75) is 19.8 Å². The molecule has 2 bridgehead atoms. The maximum Gasteiger partial charge on any atom is 0.251 e. The van der Waals surface area contributed by atoms with E-state index >= 15 is 0 Å². The van der Waals surface area contributed by atoms with E-state index in [0.717, 1.165) is 35.5 Å². The first-order valence-corrected chi connectivity index (χ1v) is 7.56. The molecular formula is C17H22N2O. The second-order valence-corrected chi connectivity index (χ2v) is 5.86. The molecule has 2 N–H and O–H groups in total. The quantitative estimate of drug-likeness (QED) is 0.807. The summed E-state index contributed by atoms with van der Waals surface area (Å²) in [5, 5.41) is 6.31. The van der Waals surface area contributed by atoms with E-state index in [1.54, 1.807) is 0 Å². The molecule has 106 valence electrons. The van der Waals surface area contributed by atoms with Crippen molar-refractivity contribution in [2.75, 3.05) is 18.4 Å². The highest BCUT2D eigenvalue weighted by Crippen LogP contribution is 2.43. The van der Waals surface area contributed by atoms with Crippen LogP contribution in [-0.2, 0) is 0 Å². The van der Waals surface area contributed by atoms with Gasteiger partial charge in [0.15, 0.2) is 0 Å². The summed E-state index contributed by atoms with van der Waals surface area (Å²) in [6.45, 7) is 3.63. The first kappa shape index (κ1) is 13.2. The van der Waals surface area contributed by atoms with Gasteiger partial charge < -0.3 is 10.6 Å². The molecule has 3 rings (SSSR count). The minimum absolute atomic E-state index is 0.00251. The van der Waals surface area contributed by atoms with Gasteiger partial charge in [-0.25, -0.2) is 0 Å². The van der Waals surface area contributed by atoms with Gasteiger partial charge in [-0.3, -0.25) is 4.79 Å². The van der Waals surface area contributed by atoms with Crippen LogP contribution in [0, 0.1) is 17.8 Å². The Morgan fingerprint density at radius 1 is 1.20 bits per heavy atom. The summed E-state index contributed by atoms with van der Waals surface area (Å²) in [5.74, 6) is 2.37. The van der Waals surface area contributed by atoms with E-state index in [0.29, 0.717) is 6.54 Å². The summed E-state index contributed by atoms with van der Waals surface area (Å²) in [7, 11) is 0. The zero-order valence-electron chi connectivity index (χ0n) is 11.9. The fraction of sp³-hybridized carbons (Fsp3) is 0.471. The number of rotatable bonds is 5. The number of fused-ring (bicyclic) bond motifs is 2. The second kappa shape index (κ2) is 5.70. The molecular weight excluding hydrogens is 248 g/mol. The zero-order chi connectivity index (χ0) is 13.9. The summed E-state index contributed by atoms with van der Waals surface area (Å²) in [6.07, 6.45) is 7.44. The molecule has 1 aromatic rings. The number of allylic oxidation sites excluding steroid dienone is 2. The summed E-state index contributed by atoms with van der Waals surface area (Å²) in [4.78, 5) is 11.7. The Hall–Kier alpha value is -1.77. The molecule has 2 aliphatic carbocycles. The number of hydrogen-bond donors (Lipinski definition) is 2. The lowest BCUT2D eigenvalue weighted by atomic mass is 9.93. The van der Waals surface area contributed by atoms with E-state index in [9.17, 15) is 4.79 Å². The number of carbonyl (C=O) groups excluding carboxylic acids is 1. The van der Waals surface area contributed by atoms with Crippen molar-refractivity contribution in [1.29, 1.82) is 0 Å². The van der Waals surface area contributed by atoms with E-state index in [4.69, 9.17) is 0 Å². The van der Waals surface area contributed by atoms with Crippen molar-refractivity contribution in [3.8, 4) is 0 Å². The number of hydrogen-bond acceptors (Lipinski definition) is 2. The summed E-state index contributed by atoms with van der Waals surface area (Å²) < 4.78 is 0. The molecule has 1 amide bonds. The third-order valence-corrected chi connectivity index (χ3v) is 4.47. The SMILES string of the molecule is CCNC(=O)c1ccc(NCC2CC3C=CC2C3)cc1. The third-order valence-electron chi connectivity index (χ3n) is 4.47. The Bertz CT molecular complexity index is 506. The van der Waals surface area contributed by atoms with Gasteiger partial charge in [0.05, 0.1) is 0 Å². The fourth-order valence-corrected chi connectivity index (χ4v) is 3.38. The van der Waals surface area contributed by atoms with Gasteiger partial charge in [-0.2, -0.15) is 0 Å². The second-order valence-electron chi connectivity index (χ2n) is 5.86. The van der Waals surface area contributed by atoms with E-state index < -0.39 is 0 Å². The van der Waals surface area contributed by atoms with Crippen LogP contribution in [0.1, 0.15) is 30.1 Å². The van der Waals surface area contributed by atoms with Crippen molar-refractivity contribution >= 4 is 11.6 Å². The summed E-state index contributed by atoms with van der Waals surface area (Å²) in [6, 6.07) is 7.75. The Morgan fingerprint density at radius 3 is 2.60 bits per heavy atom. The largest absolute Gasteiger partial charge is 0.385 e. The smallest absolute Gasteiger partial charge is 0.251 e. The molecule has 20 heavy (non-hydrogen) atoms. The number of carbonyl (C=O) groups is 1. The lowest BCUT2D eigenvalue weighted by molar-refractivity contribution is 0.0956. The third kappa shape index (κ3) is 2.72. The summed E-state index contributed by atoms with van der Waals surface area (Å²) in [5.41, 5.74) is 1.82. The van der Waals surface area contributed by atoms with Crippen molar-refractivity contribution < 1.29 is 4.79 Å². The zero-order valence-corrected chi connectivity index (χ0v) is 11.9. The Kier molecular flexibility index (Phi) is 3.77. The average molecular weight is 270 g/mol. The molecule has 3 heteroatoms. The molecule has 0 saturated heterocycles. The fourth-order valence-electron chi connectivity index (χ4n) is 3.38. The monoisotopic (exact) mass is 270 g/mol. The van der Waals surface area contributed by atoms with Crippen LogP contribution < -0.4 is 10.6 Å². The van der Waals surface area contributed by atoms with Gasteiger partial charge in [0, 0.05) is 24.3 Å². The predicted octanol–water partition coefficient (Wildman–Crippen LogP) is 3.06. The van der Waals surface area contributed by atoms with Crippen LogP contribution >= 0.6 is 0 Å². The number of amides is 1. The van der Waals surface area contributed by atoms with Gasteiger partial charge in [0.1, 0.15) is 0 Å². The Morgan fingerprint density at radius 2 is 2.00 bits per heavy atom. The molecule has 3 nitrogen and oxygen atoms in total. The molecule has 0 aliphatic heterocycles. The van der Waals surface area contributed by atoms with Crippen LogP contribution in [0.4, 0.5) is 5.69 Å². The topological polar surface area (TPSA) is 41.1 Å². The van der Waals surface area contributed by atoms with Gasteiger partial charge >= 0.3 is 0 Å². The first-order valence-electron chi connectivity index (χ1n) is 7.56. The molecule has 1 aromatic carbocycles. The van der Waals surface area contributed by atoms with Crippen LogP contribution in [0.15, 0.2) is 36.4 Å². The molecule has 2 aliphatic rings. The standard InChI is InChI=1S/C17H22N2O/c1-2-18-17(20)13-5-7-16(8-6-13)19-11-15-10-12-3-4-14(15)9-12/h3-8,12,14-15,19H,2,9-11H2,1H3,(H,18,20). The van der Waals surface area contributed by atoms with Gasteiger partial charge in [-0.1, -0.05) is 12.2 Å². The molecule has 1 saturated carbocycles. The Balaban J connectivity index is 1.53. The number of nitrogens with one attached hydrogen (secondary N) is 2. The van der Waals surface area contributed by atoms with E-state index in [2.05, 4.69) is 22.8 Å². The van der Waals surface area contributed by atoms with Crippen LogP contribution in [0.5, 0.6) is 0 Å². The minimum Gasteiger partial charge on any atom is -0.385 e. The van der Waals surface area contributed by atoms with E-state index in [1.807, 2.05) is 31.2 Å². The van der Waals surface area contributed by atoms with Crippen molar-refractivity contribution in [3.63, 3.8) is 0 Å². The average Bonchev–Trinajstić information content (AvgIpc) is 3.08. The highest BCUT2D eigenvalue weighted by molar-refractivity contribution is 5.94. The summed E-state index contributed by atoms with van der Waals surface area (Å²) >= 11 is 0. The van der Waals surface area contributed by atoms with Crippen molar-refractivity contribution in [1.82, 2.24) is 5.32 Å². The van der Waals surface area contributed by atoms with Gasteiger partial charge in [-0.05, 0) is 61.8 Å². The predicted molar refractivity (Wildman–Crippen MR) is 81.8 cm³/mol. The van der Waals surface area contributed by atoms with Crippen LogP contribution in [0.25, 0.3) is 0 Å². The normalized spacial score (nSPS) is 26.8. The van der Waals surface area contributed by atoms with Crippen molar-refractivity contribution in [2.24, 2.45) is 17.8 Å². The molecule has 1 fully saturated rings. The van der Waals surface area contributed by atoms with Crippen LogP contribution in [-0.4, -0.2) is 19.0 Å². The maximum atomic E-state index is 11.7. The van der Waals surface area contributed by atoms with Gasteiger partial charge in [0.2, 0.25) is 0 Å².